The fraction of sp³-hybridized carbons (Fsp3) is 0.318. The van der Waals surface area contributed by atoms with Crippen LogP contribution in [0, 0.1) is 5.92 Å². The van der Waals surface area contributed by atoms with Crippen LogP contribution in [0.1, 0.15) is 28.8 Å². The summed E-state index contributed by atoms with van der Waals surface area (Å²) in [5.74, 6) is 0.733. The number of rotatable bonds is 6. The highest BCUT2D eigenvalue weighted by Crippen LogP contribution is 2.30. The van der Waals surface area contributed by atoms with Crippen LogP contribution in [-0.4, -0.2) is 45.6 Å². The number of ether oxygens (including phenoxy) is 1. The number of nitrogens with two attached hydrogens (primary N) is 2. The Morgan fingerprint density at radius 3 is 2.53 bits per heavy atom. The number of aromatic nitrogens is 2. The molecule has 1 aliphatic rings. The molecule has 0 unspecified atom stereocenters. The number of likely N-dealkylation sites (tertiary alicyclic amines) is 1. The van der Waals surface area contributed by atoms with Crippen molar-refractivity contribution >= 4 is 28.6 Å². The molecule has 2 heterocycles. The van der Waals surface area contributed by atoms with Crippen molar-refractivity contribution in [3.63, 3.8) is 0 Å². The van der Waals surface area contributed by atoms with Gasteiger partial charge in [0.15, 0.2) is 0 Å². The van der Waals surface area contributed by atoms with Gasteiger partial charge in [-0.1, -0.05) is 18.2 Å². The number of piperidine rings is 1. The number of anilines is 2. The molecule has 3 aromatic rings. The highest BCUT2D eigenvalue weighted by Gasteiger charge is 2.20. The third-order valence-corrected chi connectivity index (χ3v) is 5.52. The molecule has 8 nitrogen and oxygen atoms in total. The molecule has 0 bridgehead atoms. The van der Waals surface area contributed by atoms with E-state index in [-0.39, 0.29) is 5.95 Å². The van der Waals surface area contributed by atoms with Crippen LogP contribution in [0.5, 0.6) is 5.75 Å². The lowest BCUT2D eigenvalue weighted by Gasteiger charge is -2.32. The summed E-state index contributed by atoms with van der Waals surface area (Å²) in [6.07, 6.45) is 2.08. The molecular formula is C22H25N5O3. The van der Waals surface area contributed by atoms with E-state index < -0.39 is 5.97 Å². The molecule has 8 heteroatoms. The number of hydrogen-bond acceptors (Lipinski definition) is 7. The molecule has 1 fully saturated rings. The second kappa shape index (κ2) is 8.54. The molecule has 1 aliphatic heterocycles. The number of carboxylic acid groups (broad SMARTS) is 1. The zero-order valence-electron chi connectivity index (χ0n) is 16.6. The van der Waals surface area contributed by atoms with Crippen LogP contribution < -0.4 is 16.2 Å². The second-order valence-electron chi connectivity index (χ2n) is 7.65. The van der Waals surface area contributed by atoms with E-state index in [0.717, 1.165) is 38.0 Å². The molecule has 1 saturated heterocycles. The van der Waals surface area contributed by atoms with Crippen LogP contribution >= 0.6 is 0 Å². The van der Waals surface area contributed by atoms with Crippen molar-refractivity contribution in [3.05, 3.63) is 53.6 Å². The summed E-state index contributed by atoms with van der Waals surface area (Å²) in [6, 6.07) is 12.7. The van der Waals surface area contributed by atoms with Crippen molar-refractivity contribution in [2.24, 2.45) is 5.92 Å². The van der Waals surface area contributed by atoms with Gasteiger partial charge in [0.2, 0.25) is 5.95 Å². The highest BCUT2D eigenvalue weighted by molar-refractivity contribution is 5.94. The minimum Gasteiger partial charge on any atom is -0.492 e. The van der Waals surface area contributed by atoms with Gasteiger partial charge in [-0.15, -0.1) is 0 Å². The van der Waals surface area contributed by atoms with E-state index >= 15 is 0 Å². The molecule has 0 spiro atoms. The van der Waals surface area contributed by atoms with Gasteiger partial charge >= 0.3 is 5.97 Å². The van der Waals surface area contributed by atoms with Gasteiger partial charge in [0.1, 0.15) is 11.6 Å². The van der Waals surface area contributed by atoms with Gasteiger partial charge in [-0.3, -0.25) is 4.90 Å². The van der Waals surface area contributed by atoms with Crippen LogP contribution in [0.3, 0.4) is 0 Å². The van der Waals surface area contributed by atoms with Crippen molar-refractivity contribution in [2.75, 3.05) is 31.2 Å². The average Bonchev–Trinajstić information content (AvgIpc) is 2.73. The second-order valence-corrected chi connectivity index (χ2v) is 7.65. The Labute approximate surface area is 174 Å². The van der Waals surface area contributed by atoms with Gasteiger partial charge in [-0.25, -0.2) is 9.78 Å². The number of nitrogen functional groups attached to an aromatic ring is 2. The van der Waals surface area contributed by atoms with Crippen molar-refractivity contribution in [3.8, 4) is 5.75 Å². The standard InChI is InChI=1S/C22H25N5O3/c23-20-19-17(25-22(24)26-20)2-1-3-18(19)30-13-15-8-10-27(11-9-15)12-14-4-6-16(7-5-14)21(28)29/h1-7,15H,8-13H2,(H,28,29)(H4,23,24,25,26). The third kappa shape index (κ3) is 4.44. The van der Waals surface area contributed by atoms with Gasteiger partial charge < -0.3 is 21.3 Å². The minimum atomic E-state index is -0.898. The van der Waals surface area contributed by atoms with Gasteiger partial charge in [0, 0.05) is 6.54 Å². The Kier molecular flexibility index (Phi) is 5.67. The van der Waals surface area contributed by atoms with Crippen LogP contribution in [-0.2, 0) is 6.54 Å². The van der Waals surface area contributed by atoms with Crippen molar-refractivity contribution in [2.45, 2.75) is 19.4 Å². The van der Waals surface area contributed by atoms with Crippen LogP contribution in [0.25, 0.3) is 10.9 Å². The van der Waals surface area contributed by atoms with E-state index in [4.69, 9.17) is 21.3 Å². The van der Waals surface area contributed by atoms with Crippen molar-refractivity contribution in [1.82, 2.24) is 14.9 Å². The minimum absolute atomic E-state index is 0.155. The molecule has 30 heavy (non-hydrogen) atoms. The lowest BCUT2D eigenvalue weighted by atomic mass is 9.97. The van der Waals surface area contributed by atoms with Crippen molar-refractivity contribution < 1.29 is 14.6 Å². The smallest absolute Gasteiger partial charge is 0.335 e. The van der Waals surface area contributed by atoms with Gasteiger partial charge in [0.05, 0.1) is 23.1 Å². The number of hydrogen-bond donors (Lipinski definition) is 3. The lowest BCUT2D eigenvalue weighted by molar-refractivity contribution is 0.0697. The van der Waals surface area contributed by atoms with E-state index in [1.165, 1.54) is 0 Å². The summed E-state index contributed by atoms with van der Waals surface area (Å²) in [5, 5.41) is 9.71. The summed E-state index contributed by atoms with van der Waals surface area (Å²) < 4.78 is 6.09. The molecule has 5 N–H and O–H groups in total. The number of carbonyl (C=O) groups is 1. The first-order chi connectivity index (χ1) is 14.5. The van der Waals surface area contributed by atoms with Gasteiger partial charge in [0.25, 0.3) is 0 Å². The molecule has 4 rings (SSSR count). The number of nitrogens with zero attached hydrogens (tertiary/aromatic N) is 3. The fourth-order valence-electron chi connectivity index (χ4n) is 3.85. The maximum absolute atomic E-state index is 11.0. The first-order valence-corrected chi connectivity index (χ1v) is 9.98. The quantitative estimate of drug-likeness (QED) is 0.569. The monoisotopic (exact) mass is 407 g/mol. The van der Waals surface area contributed by atoms with Crippen molar-refractivity contribution in [1.29, 1.82) is 0 Å². The summed E-state index contributed by atoms with van der Waals surface area (Å²) in [4.78, 5) is 21.6. The van der Waals surface area contributed by atoms with E-state index in [1.807, 2.05) is 30.3 Å². The average molecular weight is 407 g/mol. The Balaban J connectivity index is 1.31. The van der Waals surface area contributed by atoms with Gasteiger partial charge in [-0.2, -0.15) is 4.98 Å². The molecule has 0 amide bonds. The Morgan fingerprint density at radius 1 is 1.10 bits per heavy atom. The predicted octanol–water partition coefficient (Wildman–Crippen LogP) is 2.78. The van der Waals surface area contributed by atoms with E-state index in [9.17, 15) is 4.79 Å². The number of carboxylic acids is 1. The third-order valence-electron chi connectivity index (χ3n) is 5.52. The highest BCUT2D eigenvalue weighted by atomic mass is 16.5. The fourth-order valence-corrected chi connectivity index (χ4v) is 3.85. The van der Waals surface area contributed by atoms with E-state index in [1.54, 1.807) is 12.1 Å². The first kappa shape index (κ1) is 19.9. The van der Waals surface area contributed by atoms with E-state index in [2.05, 4.69) is 14.9 Å². The number of aromatic carboxylic acids is 1. The summed E-state index contributed by atoms with van der Waals surface area (Å²) >= 11 is 0. The number of benzene rings is 2. The summed E-state index contributed by atoms with van der Waals surface area (Å²) in [5.41, 5.74) is 13.8. The Bertz CT molecular complexity index is 1050. The maximum atomic E-state index is 11.0. The molecular weight excluding hydrogens is 382 g/mol. The molecule has 2 aromatic carbocycles. The van der Waals surface area contributed by atoms with Gasteiger partial charge in [-0.05, 0) is 61.7 Å². The first-order valence-electron chi connectivity index (χ1n) is 9.98. The van der Waals surface area contributed by atoms with E-state index in [0.29, 0.717) is 40.6 Å². The largest absolute Gasteiger partial charge is 0.492 e. The zero-order valence-corrected chi connectivity index (χ0v) is 16.6. The topological polar surface area (TPSA) is 128 Å². The summed E-state index contributed by atoms with van der Waals surface area (Å²) in [6.45, 7) is 3.40. The molecule has 0 aliphatic carbocycles. The normalized spacial score (nSPS) is 15.3. The molecule has 0 atom stereocenters. The molecule has 0 radical (unpaired) electrons. The number of fused-ring (bicyclic) bond motifs is 1. The lowest BCUT2D eigenvalue weighted by Crippen LogP contribution is -2.35. The SMILES string of the molecule is Nc1nc(N)c2c(OCC3CCN(Cc4ccc(C(=O)O)cc4)CC3)cccc2n1. The predicted molar refractivity (Wildman–Crippen MR) is 115 cm³/mol. The Hall–Kier alpha value is -3.39. The molecule has 1 aromatic heterocycles. The van der Waals surface area contributed by atoms with Crippen LogP contribution in [0.2, 0.25) is 0 Å². The Morgan fingerprint density at radius 2 is 1.83 bits per heavy atom. The molecule has 156 valence electrons. The summed E-state index contributed by atoms with van der Waals surface area (Å²) in [7, 11) is 0. The maximum Gasteiger partial charge on any atom is 0.335 e. The van der Waals surface area contributed by atoms with Crippen LogP contribution in [0.15, 0.2) is 42.5 Å². The zero-order chi connectivity index (χ0) is 21.1. The van der Waals surface area contributed by atoms with Crippen LogP contribution in [0.4, 0.5) is 11.8 Å². The molecule has 0 saturated carbocycles.